The van der Waals surface area contributed by atoms with Crippen LogP contribution in [0.15, 0.2) is 22.7 Å². The summed E-state index contributed by atoms with van der Waals surface area (Å²) < 4.78 is 45.9. The number of piperazine rings is 1. The number of hydrogen-bond donors (Lipinski definition) is 1. The molecular formula is C13H16BrF3N2O. The van der Waals surface area contributed by atoms with Crippen molar-refractivity contribution in [2.45, 2.75) is 12.2 Å². The molecule has 1 aromatic carbocycles. The summed E-state index contributed by atoms with van der Waals surface area (Å²) in [7, 11) is 1.44. The summed E-state index contributed by atoms with van der Waals surface area (Å²) in [5.41, 5.74) is 0.193. The molecule has 1 aromatic rings. The van der Waals surface area contributed by atoms with Gasteiger partial charge in [-0.2, -0.15) is 13.2 Å². The second kappa shape index (κ2) is 6.32. The van der Waals surface area contributed by atoms with E-state index in [0.29, 0.717) is 36.4 Å². The van der Waals surface area contributed by atoms with Crippen LogP contribution in [0.1, 0.15) is 11.6 Å². The Kier molecular flexibility index (Phi) is 4.93. The van der Waals surface area contributed by atoms with Gasteiger partial charge in [0.25, 0.3) is 0 Å². The molecular weight excluding hydrogens is 337 g/mol. The molecule has 1 atom stereocenters. The summed E-state index contributed by atoms with van der Waals surface area (Å²) in [5.74, 6) is 0.424. The summed E-state index contributed by atoms with van der Waals surface area (Å²) in [6.45, 7) is 1.87. The maximum atomic E-state index is 13.5. The van der Waals surface area contributed by atoms with Crippen LogP contribution >= 0.6 is 15.9 Å². The van der Waals surface area contributed by atoms with Gasteiger partial charge in [-0.05, 0) is 23.8 Å². The van der Waals surface area contributed by atoms with Gasteiger partial charge in [0.15, 0.2) is 0 Å². The quantitative estimate of drug-likeness (QED) is 0.904. The normalized spacial score (nSPS) is 18.9. The minimum atomic E-state index is -4.33. The van der Waals surface area contributed by atoms with E-state index in [4.69, 9.17) is 4.74 Å². The lowest BCUT2D eigenvalue weighted by atomic mass is 10.0. The number of ether oxygens (including phenoxy) is 1. The predicted octanol–water partition coefficient (Wildman–Crippen LogP) is 2.97. The average Bonchev–Trinajstić information content (AvgIpc) is 2.41. The molecule has 2 rings (SSSR count). The first-order valence-electron chi connectivity index (χ1n) is 6.28. The van der Waals surface area contributed by atoms with Crippen LogP contribution < -0.4 is 10.1 Å². The molecule has 0 bridgehead atoms. The molecule has 0 aromatic heterocycles. The van der Waals surface area contributed by atoms with E-state index in [9.17, 15) is 13.2 Å². The highest BCUT2D eigenvalue weighted by Gasteiger charge is 2.45. The largest absolute Gasteiger partial charge is 0.497 e. The molecule has 3 nitrogen and oxygen atoms in total. The molecule has 0 saturated carbocycles. The second-order valence-electron chi connectivity index (χ2n) is 4.62. The molecule has 1 saturated heterocycles. The van der Waals surface area contributed by atoms with Crippen molar-refractivity contribution in [2.75, 3.05) is 33.3 Å². The van der Waals surface area contributed by atoms with Crippen molar-refractivity contribution < 1.29 is 17.9 Å². The van der Waals surface area contributed by atoms with Gasteiger partial charge in [0.2, 0.25) is 0 Å². The van der Waals surface area contributed by atoms with Crippen LogP contribution in [0, 0.1) is 0 Å². The molecule has 0 aliphatic carbocycles. The van der Waals surface area contributed by atoms with Crippen LogP contribution in [-0.4, -0.2) is 44.4 Å². The van der Waals surface area contributed by atoms with E-state index < -0.39 is 12.2 Å². The lowest BCUT2D eigenvalue weighted by molar-refractivity contribution is -0.188. The highest BCUT2D eigenvalue weighted by Crippen LogP contribution is 2.41. The van der Waals surface area contributed by atoms with Gasteiger partial charge in [-0.3, -0.25) is 4.90 Å². The number of rotatable bonds is 3. The molecule has 1 aliphatic rings. The van der Waals surface area contributed by atoms with E-state index in [1.807, 2.05) is 0 Å². The van der Waals surface area contributed by atoms with Gasteiger partial charge in [0, 0.05) is 30.7 Å². The fourth-order valence-electron chi connectivity index (χ4n) is 2.38. The van der Waals surface area contributed by atoms with Crippen LogP contribution in [0.2, 0.25) is 0 Å². The second-order valence-corrected chi connectivity index (χ2v) is 5.47. The van der Waals surface area contributed by atoms with Gasteiger partial charge < -0.3 is 10.1 Å². The first kappa shape index (κ1) is 15.6. The van der Waals surface area contributed by atoms with Gasteiger partial charge in [-0.1, -0.05) is 15.9 Å². The minimum Gasteiger partial charge on any atom is -0.497 e. The third-order valence-electron chi connectivity index (χ3n) is 3.32. The maximum Gasteiger partial charge on any atom is 0.408 e. The van der Waals surface area contributed by atoms with Crippen LogP contribution in [0.4, 0.5) is 13.2 Å². The number of halogens is 4. The number of methoxy groups -OCH3 is 1. The van der Waals surface area contributed by atoms with Crippen molar-refractivity contribution in [3.8, 4) is 5.75 Å². The molecule has 0 amide bonds. The smallest absolute Gasteiger partial charge is 0.408 e. The Bertz CT molecular complexity index is 461. The van der Waals surface area contributed by atoms with Crippen molar-refractivity contribution in [1.29, 1.82) is 0 Å². The summed E-state index contributed by atoms with van der Waals surface area (Å²) in [6.07, 6.45) is -4.33. The van der Waals surface area contributed by atoms with Crippen molar-refractivity contribution in [2.24, 2.45) is 0 Å². The predicted molar refractivity (Wildman–Crippen MR) is 73.9 cm³/mol. The van der Waals surface area contributed by atoms with Crippen LogP contribution in [-0.2, 0) is 0 Å². The Morgan fingerprint density at radius 2 is 1.95 bits per heavy atom. The number of alkyl halides is 3. The number of benzene rings is 1. The zero-order chi connectivity index (χ0) is 14.8. The SMILES string of the molecule is COc1ccc(Br)c([C@@H](N2CCNCC2)C(F)(F)F)c1. The molecule has 1 heterocycles. The molecule has 112 valence electrons. The first-order valence-corrected chi connectivity index (χ1v) is 7.07. The lowest BCUT2D eigenvalue weighted by Gasteiger charge is -2.36. The average molecular weight is 353 g/mol. The van der Waals surface area contributed by atoms with Crippen LogP contribution in [0.5, 0.6) is 5.75 Å². The molecule has 20 heavy (non-hydrogen) atoms. The van der Waals surface area contributed by atoms with Crippen molar-refractivity contribution >= 4 is 15.9 Å². The Morgan fingerprint density at radius 1 is 1.30 bits per heavy atom. The Hall–Kier alpha value is -0.790. The molecule has 0 radical (unpaired) electrons. The highest BCUT2D eigenvalue weighted by molar-refractivity contribution is 9.10. The third-order valence-corrected chi connectivity index (χ3v) is 4.05. The van der Waals surface area contributed by atoms with Crippen molar-refractivity contribution in [3.63, 3.8) is 0 Å². The number of nitrogens with one attached hydrogen (secondary N) is 1. The number of hydrogen-bond acceptors (Lipinski definition) is 3. The van der Waals surface area contributed by atoms with Gasteiger partial charge in [0.1, 0.15) is 11.8 Å². The van der Waals surface area contributed by atoms with E-state index in [-0.39, 0.29) is 5.56 Å². The first-order chi connectivity index (χ1) is 9.43. The Balaban J connectivity index is 2.40. The molecule has 1 N–H and O–H groups in total. The van der Waals surface area contributed by atoms with Gasteiger partial charge in [-0.15, -0.1) is 0 Å². The Labute approximate surface area is 124 Å². The monoisotopic (exact) mass is 352 g/mol. The summed E-state index contributed by atoms with van der Waals surface area (Å²) >= 11 is 3.22. The van der Waals surface area contributed by atoms with E-state index in [2.05, 4.69) is 21.2 Å². The molecule has 0 spiro atoms. The lowest BCUT2D eigenvalue weighted by Crippen LogP contribution is -2.49. The third kappa shape index (κ3) is 3.45. The molecule has 1 aliphatic heterocycles. The van der Waals surface area contributed by atoms with Crippen LogP contribution in [0.3, 0.4) is 0 Å². The fraction of sp³-hybridized carbons (Fsp3) is 0.538. The standard InChI is InChI=1S/C13H16BrF3N2O/c1-20-9-2-3-11(14)10(8-9)12(13(15,16)17)19-6-4-18-5-7-19/h2-3,8,12,18H,4-7H2,1H3/t12-/m1/s1. The molecule has 7 heteroatoms. The van der Waals surface area contributed by atoms with E-state index in [1.54, 1.807) is 12.1 Å². The van der Waals surface area contributed by atoms with Gasteiger partial charge in [-0.25, -0.2) is 0 Å². The van der Waals surface area contributed by atoms with Crippen LogP contribution in [0.25, 0.3) is 0 Å². The Morgan fingerprint density at radius 3 is 2.50 bits per heavy atom. The minimum absolute atomic E-state index is 0.193. The van der Waals surface area contributed by atoms with Crippen molar-refractivity contribution in [3.05, 3.63) is 28.2 Å². The summed E-state index contributed by atoms with van der Waals surface area (Å²) in [5, 5.41) is 3.06. The molecule has 0 unspecified atom stereocenters. The van der Waals surface area contributed by atoms with Crippen molar-refractivity contribution in [1.82, 2.24) is 10.2 Å². The van der Waals surface area contributed by atoms with Gasteiger partial charge >= 0.3 is 6.18 Å². The van der Waals surface area contributed by atoms with E-state index in [1.165, 1.54) is 18.1 Å². The zero-order valence-electron chi connectivity index (χ0n) is 11.0. The topological polar surface area (TPSA) is 24.5 Å². The van der Waals surface area contributed by atoms with E-state index >= 15 is 0 Å². The summed E-state index contributed by atoms with van der Waals surface area (Å²) in [6, 6.07) is 3.06. The zero-order valence-corrected chi connectivity index (χ0v) is 12.6. The highest BCUT2D eigenvalue weighted by atomic mass is 79.9. The van der Waals surface area contributed by atoms with E-state index in [0.717, 1.165) is 0 Å². The van der Waals surface area contributed by atoms with Gasteiger partial charge in [0.05, 0.1) is 7.11 Å². The maximum absolute atomic E-state index is 13.5. The number of nitrogens with zero attached hydrogens (tertiary/aromatic N) is 1. The summed E-state index contributed by atoms with van der Waals surface area (Å²) in [4.78, 5) is 1.45. The molecule has 1 fully saturated rings. The fourth-order valence-corrected chi connectivity index (χ4v) is 2.84.